The number of anilines is 1. The number of rotatable bonds is 6. The number of aromatic nitrogens is 1. The fourth-order valence-electron chi connectivity index (χ4n) is 2.93. The van der Waals surface area contributed by atoms with Crippen LogP contribution in [0.15, 0.2) is 53.9 Å². The van der Waals surface area contributed by atoms with Crippen LogP contribution in [0.25, 0.3) is 11.3 Å². The predicted molar refractivity (Wildman–Crippen MR) is 111 cm³/mol. The summed E-state index contributed by atoms with van der Waals surface area (Å²) < 4.78 is 0. The van der Waals surface area contributed by atoms with E-state index in [4.69, 9.17) is 4.98 Å². The molecule has 0 radical (unpaired) electrons. The lowest BCUT2D eigenvalue weighted by Crippen LogP contribution is -2.22. The third kappa shape index (κ3) is 4.19. The van der Waals surface area contributed by atoms with E-state index >= 15 is 0 Å². The third-order valence-corrected chi connectivity index (χ3v) is 5.80. The number of hydrogen-bond donors (Lipinski definition) is 1. The first kappa shape index (κ1) is 17.7. The fraction of sp³-hybridized carbons (Fsp3) is 0.273. The van der Waals surface area contributed by atoms with E-state index in [0.29, 0.717) is 18.0 Å². The van der Waals surface area contributed by atoms with Crippen molar-refractivity contribution in [2.45, 2.75) is 25.3 Å². The minimum atomic E-state index is -0.0600. The van der Waals surface area contributed by atoms with Gasteiger partial charge in [0, 0.05) is 48.8 Å². The lowest BCUT2D eigenvalue weighted by molar-refractivity contribution is 0.0951. The van der Waals surface area contributed by atoms with Crippen LogP contribution in [0.4, 0.5) is 5.69 Å². The van der Waals surface area contributed by atoms with Gasteiger partial charge < -0.3 is 10.2 Å². The molecule has 1 N–H and O–H groups in total. The van der Waals surface area contributed by atoms with Gasteiger partial charge in [-0.3, -0.25) is 4.79 Å². The standard InChI is InChI=1S/C22H23N3OS/c1-25(2)19-11-3-15(4-12-19)13-23-21(26)17-7-5-16(6-8-17)20-14-27-22(24-20)18-9-10-18/h3-8,11-12,14,18H,9-10,13H2,1-2H3,(H,23,26). The van der Waals surface area contributed by atoms with Gasteiger partial charge in [-0.2, -0.15) is 0 Å². The molecule has 1 aromatic heterocycles. The van der Waals surface area contributed by atoms with Crippen molar-refractivity contribution in [3.05, 3.63) is 70.0 Å². The normalized spacial score (nSPS) is 13.4. The summed E-state index contributed by atoms with van der Waals surface area (Å²) >= 11 is 1.74. The summed E-state index contributed by atoms with van der Waals surface area (Å²) in [6, 6.07) is 15.9. The molecule has 4 nitrogen and oxygen atoms in total. The van der Waals surface area contributed by atoms with E-state index in [1.807, 2.05) is 50.5 Å². The van der Waals surface area contributed by atoms with Crippen LogP contribution in [0.1, 0.15) is 39.7 Å². The molecule has 1 fully saturated rings. The van der Waals surface area contributed by atoms with Crippen LogP contribution < -0.4 is 10.2 Å². The highest BCUT2D eigenvalue weighted by molar-refractivity contribution is 7.10. The second kappa shape index (κ2) is 7.53. The fourth-order valence-corrected chi connectivity index (χ4v) is 3.93. The number of carbonyl (C=O) groups excluding carboxylic acids is 1. The third-order valence-electron chi connectivity index (χ3n) is 4.80. The summed E-state index contributed by atoms with van der Waals surface area (Å²) in [6.07, 6.45) is 2.54. The Balaban J connectivity index is 1.37. The maximum atomic E-state index is 12.4. The van der Waals surface area contributed by atoms with E-state index in [1.54, 1.807) is 11.3 Å². The van der Waals surface area contributed by atoms with Gasteiger partial charge in [-0.05, 0) is 42.7 Å². The van der Waals surface area contributed by atoms with Crippen LogP contribution in [0, 0.1) is 0 Å². The number of thiazole rings is 1. The molecule has 1 aliphatic carbocycles. The summed E-state index contributed by atoms with van der Waals surface area (Å²) in [5.74, 6) is 0.621. The van der Waals surface area contributed by atoms with Crippen LogP contribution >= 0.6 is 11.3 Å². The van der Waals surface area contributed by atoms with Gasteiger partial charge in [-0.15, -0.1) is 11.3 Å². The topological polar surface area (TPSA) is 45.2 Å². The van der Waals surface area contributed by atoms with Gasteiger partial charge in [-0.1, -0.05) is 24.3 Å². The van der Waals surface area contributed by atoms with Crippen LogP contribution in [0.5, 0.6) is 0 Å². The van der Waals surface area contributed by atoms with Crippen molar-refractivity contribution in [3.8, 4) is 11.3 Å². The summed E-state index contributed by atoms with van der Waals surface area (Å²) in [4.78, 5) is 19.2. The Morgan fingerprint density at radius 1 is 1.11 bits per heavy atom. The molecule has 1 saturated carbocycles. The molecule has 0 saturated heterocycles. The molecule has 4 rings (SSSR count). The molecular formula is C22H23N3OS. The Bertz CT molecular complexity index is 925. The van der Waals surface area contributed by atoms with E-state index in [1.165, 1.54) is 17.8 Å². The van der Waals surface area contributed by atoms with Gasteiger partial charge in [0.2, 0.25) is 0 Å². The second-order valence-electron chi connectivity index (χ2n) is 7.17. The lowest BCUT2D eigenvalue weighted by Gasteiger charge is -2.13. The molecular weight excluding hydrogens is 354 g/mol. The Morgan fingerprint density at radius 3 is 2.44 bits per heavy atom. The van der Waals surface area contributed by atoms with Crippen LogP contribution in [-0.2, 0) is 6.54 Å². The Labute approximate surface area is 163 Å². The predicted octanol–water partition coefficient (Wildman–Crippen LogP) is 4.68. The number of nitrogens with one attached hydrogen (secondary N) is 1. The number of benzene rings is 2. The lowest BCUT2D eigenvalue weighted by atomic mass is 10.1. The average molecular weight is 378 g/mol. The van der Waals surface area contributed by atoms with Gasteiger partial charge in [0.15, 0.2) is 0 Å². The molecule has 138 valence electrons. The smallest absolute Gasteiger partial charge is 0.251 e. The van der Waals surface area contributed by atoms with Gasteiger partial charge >= 0.3 is 0 Å². The van der Waals surface area contributed by atoms with E-state index in [9.17, 15) is 4.79 Å². The Hall–Kier alpha value is -2.66. The van der Waals surface area contributed by atoms with Crippen molar-refractivity contribution in [2.24, 2.45) is 0 Å². The number of amides is 1. The van der Waals surface area contributed by atoms with Crippen LogP contribution in [0.3, 0.4) is 0 Å². The van der Waals surface area contributed by atoms with E-state index in [0.717, 1.165) is 22.5 Å². The van der Waals surface area contributed by atoms with Gasteiger partial charge in [0.1, 0.15) is 0 Å². The highest BCUT2D eigenvalue weighted by atomic mass is 32.1. The zero-order valence-corrected chi connectivity index (χ0v) is 16.4. The molecule has 27 heavy (non-hydrogen) atoms. The van der Waals surface area contributed by atoms with E-state index < -0.39 is 0 Å². The zero-order chi connectivity index (χ0) is 18.8. The van der Waals surface area contributed by atoms with Gasteiger partial charge in [-0.25, -0.2) is 4.98 Å². The van der Waals surface area contributed by atoms with E-state index in [-0.39, 0.29) is 5.91 Å². The zero-order valence-electron chi connectivity index (χ0n) is 15.6. The van der Waals surface area contributed by atoms with Gasteiger partial charge in [0.05, 0.1) is 10.7 Å². The first-order valence-electron chi connectivity index (χ1n) is 9.20. The summed E-state index contributed by atoms with van der Waals surface area (Å²) in [6.45, 7) is 0.519. The summed E-state index contributed by atoms with van der Waals surface area (Å²) in [5, 5.41) is 6.34. The molecule has 0 atom stereocenters. The molecule has 0 unspecified atom stereocenters. The summed E-state index contributed by atoms with van der Waals surface area (Å²) in [7, 11) is 4.03. The quantitative estimate of drug-likeness (QED) is 0.678. The molecule has 3 aromatic rings. The van der Waals surface area contributed by atoms with Crippen LogP contribution in [-0.4, -0.2) is 25.0 Å². The largest absolute Gasteiger partial charge is 0.378 e. The molecule has 0 bridgehead atoms. The highest BCUT2D eigenvalue weighted by Gasteiger charge is 2.26. The molecule has 0 spiro atoms. The van der Waals surface area contributed by atoms with Crippen LogP contribution in [0.2, 0.25) is 0 Å². The van der Waals surface area contributed by atoms with Crippen molar-refractivity contribution in [1.82, 2.24) is 10.3 Å². The SMILES string of the molecule is CN(C)c1ccc(CNC(=O)c2ccc(-c3csc(C4CC4)n3)cc2)cc1. The van der Waals surface area contributed by atoms with Crippen molar-refractivity contribution in [1.29, 1.82) is 0 Å². The molecule has 0 aliphatic heterocycles. The van der Waals surface area contributed by atoms with Crippen molar-refractivity contribution >= 4 is 22.9 Å². The van der Waals surface area contributed by atoms with E-state index in [2.05, 4.69) is 27.7 Å². The average Bonchev–Trinajstić information content (AvgIpc) is 3.43. The minimum absolute atomic E-state index is 0.0600. The Kier molecular flexibility index (Phi) is 4.94. The molecule has 5 heteroatoms. The van der Waals surface area contributed by atoms with Crippen molar-refractivity contribution in [3.63, 3.8) is 0 Å². The molecule has 1 heterocycles. The Morgan fingerprint density at radius 2 is 1.81 bits per heavy atom. The highest BCUT2D eigenvalue weighted by Crippen LogP contribution is 2.42. The minimum Gasteiger partial charge on any atom is -0.378 e. The second-order valence-corrected chi connectivity index (χ2v) is 8.06. The molecule has 2 aromatic carbocycles. The first-order valence-corrected chi connectivity index (χ1v) is 10.1. The number of carbonyl (C=O) groups is 1. The molecule has 1 aliphatic rings. The van der Waals surface area contributed by atoms with Gasteiger partial charge in [0.25, 0.3) is 5.91 Å². The first-order chi connectivity index (χ1) is 13.1. The van der Waals surface area contributed by atoms with Crippen molar-refractivity contribution < 1.29 is 4.79 Å². The molecule has 1 amide bonds. The number of nitrogens with zero attached hydrogens (tertiary/aromatic N) is 2. The van der Waals surface area contributed by atoms with Crippen molar-refractivity contribution in [2.75, 3.05) is 19.0 Å². The number of hydrogen-bond acceptors (Lipinski definition) is 4. The maximum absolute atomic E-state index is 12.4. The monoisotopic (exact) mass is 377 g/mol. The maximum Gasteiger partial charge on any atom is 0.251 e. The summed E-state index contributed by atoms with van der Waals surface area (Å²) in [5.41, 5.74) is 4.97.